The van der Waals surface area contributed by atoms with Crippen LogP contribution in [-0.4, -0.2) is 63.7 Å². The average molecular weight is 390 g/mol. The number of benzene rings is 1. The van der Waals surface area contributed by atoms with E-state index in [1.807, 2.05) is 43.3 Å². The maximum atomic E-state index is 13.0. The number of likely N-dealkylation sites (tertiary alicyclic amines) is 1. The molecule has 1 saturated heterocycles. The lowest BCUT2D eigenvalue weighted by atomic mass is 9.96. The smallest absolute Gasteiger partial charge is 0.295 e. The van der Waals surface area contributed by atoms with Crippen LogP contribution in [-0.2, 0) is 9.59 Å². The Bertz CT molecular complexity index is 1100. The number of rotatable bonds is 5. The highest BCUT2D eigenvalue weighted by molar-refractivity contribution is 6.46. The number of Topliss-reactive ketones (excluding diaryl/α,β-unsaturated/α-hetero) is 1. The Kier molecular flexibility index (Phi) is 4.90. The maximum Gasteiger partial charge on any atom is 0.295 e. The Morgan fingerprint density at radius 2 is 1.90 bits per heavy atom. The number of ketones is 1. The molecule has 7 heteroatoms. The zero-order valence-electron chi connectivity index (χ0n) is 16.3. The molecule has 1 fully saturated rings. The molecule has 0 spiro atoms. The van der Waals surface area contributed by atoms with Gasteiger partial charge in [0.15, 0.2) is 0 Å². The summed E-state index contributed by atoms with van der Waals surface area (Å²) in [6.45, 7) is 0.969. The first-order valence-corrected chi connectivity index (χ1v) is 9.38. The van der Waals surface area contributed by atoms with Crippen molar-refractivity contribution in [2.45, 2.75) is 6.04 Å². The number of carbonyl (C=O) groups excluding carboxylic acids is 2. The van der Waals surface area contributed by atoms with Crippen LogP contribution in [0.5, 0.6) is 0 Å². The highest BCUT2D eigenvalue weighted by Crippen LogP contribution is 2.40. The number of nitrogens with zero attached hydrogens (tertiary/aromatic N) is 3. The lowest BCUT2D eigenvalue weighted by Gasteiger charge is -2.26. The van der Waals surface area contributed by atoms with Gasteiger partial charge in [-0.15, -0.1) is 0 Å². The number of carbonyl (C=O) groups is 2. The molecule has 1 aliphatic rings. The lowest BCUT2D eigenvalue weighted by molar-refractivity contribution is -0.140. The molecule has 1 atom stereocenters. The van der Waals surface area contributed by atoms with E-state index in [4.69, 9.17) is 0 Å². The van der Waals surface area contributed by atoms with E-state index in [1.54, 1.807) is 30.7 Å². The number of pyridine rings is 1. The highest BCUT2D eigenvalue weighted by atomic mass is 16.3. The van der Waals surface area contributed by atoms with E-state index in [1.165, 1.54) is 4.90 Å². The van der Waals surface area contributed by atoms with E-state index in [-0.39, 0.29) is 11.3 Å². The summed E-state index contributed by atoms with van der Waals surface area (Å²) in [7, 11) is 3.81. The summed E-state index contributed by atoms with van der Waals surface area (Å²) >= 11 is 0. The van der Waals surface area contributed by atoms with E-state index < -0.39 is 17.7 Å². The fourth-order valence-corrected chi connectivity index (χ4v) is 3.72. The summed E-state index contributed by atoms with van der Waals surface area (Å²) in [5.41, 5.74) is 2.19. The van der Waals surface area contributed by atoms with Crippen molar-refractivity contribution in [1.29, 1.82) is 0 Å². The predicted molar refractivity (Wildman–Crippen MR) is 110 cm³/mol. The van der Waals surface area contributed by atoms with Crippen LogP contribution in [0, 0.1) is 0 Å². The van der Waals surface area contributed by atoms with Crippen molar-refractivity contribution in [2.75, 3.05) is 27.2 Å². The van der Waals surface area contributed by atoms with E-state index in [0.717, 1.165) is 16.5 Å². The summed E-state index contributed by atoms with van der Waals surface area (Å²) in [6, 6.07) is 10.4. The summed E-state index contributed by atoms with van der Waals surface area (Å²) < 4.78 is 0. The van der Waals surface area contributed by atoms with Gasteiger partial charge in [0.25, 0.3) is 11.7 Å². The number of aliphatic hydroxyl groups is 1. The van der Waals surface area contributed by atoms with Gasteiger partial charge in [-0.25, -0.2) is 0 Å². The molecule has 29 heavy (non-hydrogen) atoms. The molecule has 1 amide bonds. The number of aromatic nitrogens is 2. The number of aliphatic hydroxyl groups excluding tert-OH is 1. The zero-order valence-corrected chi connectivity index (χ0v) is 16.3. The molecule has 0 unspecified atom stereocenters. The minimum absolute atomic E-state index is 0.102. The molecule has 2 N–H and O–H groups in total. The maximum absolute atomic E-state index is 13.0. The Hall–Kier alpha value is -3.45. The Morgan fingerprint density at radius 1 is 1.17 bits per heavy atom. The van der Waals surface area contributed by atoms with E-state index in [9.17, 15) is 14.7 Å². The van der Waals surface area contributed by atoms with Gasteiger partial charge < -0.3 is 19.9 Å². The second kappa shape index (κ2) is 7.52. The molecule has 1 aliphatic heterocycles. The van der Waals surface area contributed by atoms with Crippen LogP contribution in [0.4, 0.5) is 0 Å². The zero-order chi connectivity index (χ0) is 20.5. The lowest BCUT2D eigenvalue weighted by Crippen LogP contribution is -2.35. The molecule has 3 aromatic rings. The first-order chi connectivity index (χ1) is 14.0. The summed E-state index contributed by atoms with van der Waals surface area (Å²) in [5, 5.41) is 11.9. The van der Waals surface area contributed by atoms with Crippen LogP contribution >= 0.6 is 0 Å². The van der Waals surface area contributed by atoms with Crippen molar-refractivity contribution in [3.05, 3.63) is 71.7 Å². The Balaban J connectivity index is 1.88. The number of fused-ring (bicyclic) bond motifs is 1. The van der Waals surface area contributed by atoms with Gasteiger partial charge in [0.2, 0.25) is 0 Å². The fourth-order valence-electron chi connectivity index (χ4n) is 3.72. The molecule has 148 valence electrons. The van der Waals surface area contributed by atoms with Gasteiger partial charge in [-0.05, 0) is 37.9 Å². The molecule has 1 aromatic carbocycles. The molecule has 0 aliphatic carbocycles. The van der Waals surface area contributed by atoms with Crippen molar-refractivity contribution >= 4 is 28.4 Å². The van der Waals surface area contributed by atoms with Crippen LogP contribution in [0.2, 0.25) is 0 Å². The summed E-state index contributed by atoms with van der Waals surface area (Å²) in [5.74, 6) is -1.45. The SMILES string of the molecule is CN(C)CCN1C(=O)C(=O)C(=C(O)c2c[nH]c3ccccc23)[C@H]1c1ccncc1. The molecule has 0 radical (unpaired) electrons. The van der Waals surface area contributed by atoms with Crippen molar-refractivity contribution in [3.8, 4) is 0 Å². The number of aromatic amines is 1. The number of para-hydroxylation sites is 1. The Morgan fingerprint density at radius 3 is 2.62 bits per heavy atom. The van der Waals surface area contributed by atoms with E-state index >= 15 is 0 Å². The van der Waals surface area contributed by atoms with Crippen LogP contribution in [0.3, 0.4) is 0 Å². The highest BCUT2D eigenvalue weighted by Gasteiger charge is 2.46. The third-order valence-electron chi connectivity index (χ3n) is 5.19. The number of nitrogens with one attached hydrogen (secondary N) is 1. The van der Waals surface area contributed by atoms with E-state index in [0.29, 0.717) is 18.7 Å². The minimum atomic E-state index is -0.673. The largest absolute Gasteiger partial charge is 0.507 e. The van der Waals surface area contributed by atoms with Gasteiger partial charge >= 0.3 is 0 Å². The second-order valence-electron chi connectivity index (χ2n) is 7.32. The average Bonchev–Trinajstić information content (AvgIpc) is 3.26. The monoisotopic (exact) mass is 390 g/mol. The van der Waals surface area contributed by atoms with E-state index in [2.05, 4.69) is 9.97 Å². The van der Waals surface area contributed by atoms with Crippen LogP contribution < -0.4 is 0 Å². The van der Waals surface area contributed by atoms with Gasteiger partial charge in [-0.2, -0.15) is 0 Å². The topological polar surface area (TPSA) is 89.5 Å². The third kappa shape index (κ3) is 3.30. The van der Waals surface area contributed by atoms with Crippen molar-refractivity contribution in [3.63, 3.8) is 0 Å². The van der Waals surface area contributed by atoms with Crippen LogP contribution in [0.25, 0.3) is 16.7 Å². The molecule has 2 aromatic heterocycles. The number of H-pyrrole nitrogens is 1. The van der Waals surface area contributed by atoms with Crippen molar-refractivity contribution < 1.29 is 14.7 Å². The molecule has 7 nitrogen and oxygen atoms in total. The minimum Gasteiger partial charge on any atom is -0.507 e. The number of amides is 1. The third-order valence-corrected chi connectivity index (χ3v) is 5.19. The molecular formula is C22H22N4O3. The molecule has 4 rings (SSSR count). The van der Waals surface area contributed by atoms with Gasteiger partial charge in [-0.1, -0.05) is 18.2 Å². The molecule has 3 heterocycles. The summed E-state index contributed by atoms with van der Waals surface area (Å²) in [6.07, 6.45) is 4.90. The summed E-state index contributed by atoms with van der Waals surface area (Å²) in [4.78, 5) is 36.4. The fraction of sp³-hybridized carbons (Fsp3) is 0.227. The molecule has 0 bridgehead atoms. The first kappa shape index (κ1) is 18.9. The normalized spacial score (nSPS) is 18.9. The number of hydrogen-bond acceptors (Lipinski definition) is 5. The Labute approximate surface area is 168 Å². The standard InChI is InChI=1S/C22H22N4O3/c1-25(2)11-12-26-19(14-7-9-23-10-8-14)18(21(28)22(26)29)20(27)16-13-24-17-6-4-3-5-15(16)17/h3-10,13,19,24,27H,11-12H2,1-2H3/t19-/m1/s1. The number of likely N-dealkylation sites (N-methyl/N-ethyl adjacent to an activating group) is 1. The first-order valence-electron chi connectivity index (χ1n) is 9.38. The molecular weight excluding hydrogens is 368 g/mol. The molecule has 0 saturated carbocycles. The van der Waals surface area contributed by atoms with Gasteiger partial charge in [0.05, 0.1) is 11.6 Å². The van der Waals surface area contributed by atoms with Gasteiger partial charge in [0.1, 0.15) is 5.76 Å². The quantitative estimate of drug-likeness (QED) is 0.397. The number of hydrogen-bond donors (Lipinski definition) is 2. The predicted octanol–water partition coefficient (Wildman–Crippen LogP) is 2.55. The van der Waals surface area contributed by atoms with Crippen LogP contribution in [0.15, 0.2) is 60.6 Å². The van der Waals surface area contributed by atoms with Crippen molar-refractivity contribution in [1.82, 2.24) is 19.8 Å². The van der Waals surface area contributed by atoms with Gasteiger partial charge in [-0.3, -0.25) is 14.6 Å². The van der Waals surface area contributed by atoms with Crippen LogP contribution in [0.1, 0.15) is 17.2 Å². The van der Waals surface area contributed by atoms with Crippen molar-refractivity contribution in [2.24, 2.45) is 0 Å². The second-order valence-corrected chi connectivity index (χ2v) is 7.32. The van der Waals surface area contributed by atoms with Gasteiger partial charge in [0, 0.05) is 48.1 Å².